The van der Waals surface area contributed by atoms with E-state index in [9.17, 15) is 4.79 Å². The maximum Gasteiger partial charge on any atom is 0.195 e. The molecule has 0 N–H and O–H groups in total. The van der Waals surface area contributed by atoms with Crippen LogP contribution in [-0.2, 0) is 19.5 Å². The average Bonchev–Trinajstić information content (AvgIpc) is 2.21. The van der Waals surface area contributed by atoms with Gasteiger partial charge in [0.25, 0.3) is 0 Å². The van der Waals surface area contributed by atoms with Crippen molar-refractivity contribution in [2.24, 2.45) is 5.92 Å². The first-order valence-corrected chi connectivity index (χ1v) is 3.68. The Morgan fingerprint density at radius 1 is 1.13 bits per heavy atom. The molecule has 0 saturated carbocycles. The van der Waals surface area contributed by atoms with E-state index in [0.717, 1.165) is 0 Å². The fraction of sp³-hybridized carbons (Fsp3) is 0.0909. The van der Waals surface area contributed by atoms with Crippen LogP contribution in [0.1, 0.15) is 10.4 Å². The fourth-order valence-electron chi connectivity index (χ4n) is 0.915. The van der Waals surface area contributed by atoms with E-state index >= 15 is 0 Å². The standard InChI is InChI=1S/C10H6N2O.CH3.Zn/c11-6-9(7-12)10(13)8-4-2-1-3-5-8;;/h1-5,9H;1H3;/q;-1;. The topological polar surface area (TPSA) is 64.7 Å². The molecule has 0 atom stereocenters. The average molecular weight is 251 g/mol. The largest absolute Gasteiger partial charge is 0.358 e. The third kappa shape index (κ3) is 4.02. The van der Waals surface area contributed by atoms with Gasteiger partial charge in [-0.05, 0) is 0 Å². The molecule has 72 valence electrons. The Morgan fingerprint density at radius 3 is 2.00 bits per heavy atom. The van der Waals surface area contributed by atoms with Crippen LogP contribution < -0.4 is 0 Å². The van der Waals surface area contributed by atoms with Gasteiger partial charge in [0.15, 0.2) is 11.7 Å². The molecule has 0 unspecified atom stereocenters. The molecule has 1 aromatic rings. The third-order valence-corrected chi connectivity index (χ3v) is 1.58. The number of nitrogens with zero attached hydrogens (tertiary/aromatic N) is 2. The van der Waals surface area contributed by atoms with Crippen molar-refractivity contribution in [2.75, 3.05) is 0 Å². The van der Waals surface area contributed by atoms with Gasteiger partial charge in [-0.1, -0.05) is 30.3 Å². The van der Waals surface area contributed by atoms with Crippen molar-refractivity contribution in [2.45, 2.75) is 0 Å². The number of carbonyl (C=O) groups is 1. The van der Waals surface area contributed by atoms with E-state index in [2.05, 4.69) is 0 Å². The minimum Gasteiger partial charge on any atom is -0.358 e. The summed E-state index contributed by atoms with van der Waals surface area (Å²) < 4.78 is 0. The molecule has 0 saturated heterocycles. The Morgan fingerprint density at radius 2 is 1.60 bits per heavy atom. The second kappa shape index (κ2) is 7.86. The van der Waals surface area contributed by atoms with Gasteiger partial charge in [0.2, 0.25) is 0 Å². The van der Waals surface area contributed by atoms with Gasteiger partial charge in [-0.25, -0.2) is 0 Å². The van der Waals surface area contributed by atoms with Crippen LogP contribution in [0.3, 0.4) is 0 Å². The monoisotopic (exact) mass is 249 g/mol. The second-order valence-electron chi connectivity index (χ2n) is 2.42. The molecular weight excluding hydrogens is 242 g/mol. The van der Waals surface area contributed by atoms with E-state index in [1.807, 2.05) is 0 Å². The quantitative estimate of drug-likeness (QED) is 0.458. The molecule has 0 aliphatic carbocycles. The molecule has 0 amide bonds. The Labute approximate surface area is 102 Å². The van der Waals surface area contributed by atoms with Gasteiger partial charge in [-0.15, -0.1) is 0 Å². The van der Waals surface area contributed by atoms with Gasteiger partial charge in [0, 0.05) is 25.0 Å². The van der Waals surface area contributed by atoms with Crippen molar-refractivity contribution in [3.05, 3.63) is 43.3 Å². The van der Waals surface area contributed by atoms with Gasteiger partial charge in [-0.3, -0.25) is 4.79 Å². The summed E-state index contributed by atoms with van der Waals surface area (Å²) in [7, 11) is 0. The van der Waals surface area contributed by atoms with Crippen LogP contribution in [0, 0.1) is 36.0 Å². The van der Waals surface area contributed by atoms with Gasteiger partial charge in [0.05, 0.1) is 12.1 Å². The molecule has 0 aliphatic rings. The van der Waals surface area contributed by atoms with Crippen LogP contribution in [0.15, 0.2) is 30.3 Å². The van der Waals surface area contributed by atoms with E-state index in [0.29, 0.717) is 5.56 Å². The summed E-state index contributed by atoms with van der Waals surface area (Å²) in [6.07, 6.45) is 0. The third-order valence-electron chi connectivity index (χ3n) is 1.58. The van der Waals surface area contributed by atoms with Gasteiger partial charge < -0.3 is 7.43 Å². The smallest absolute Gasteiger partial charge is 0.195 e. The first kappa shape index (κ1) is 15.9. The van der Waals surface area contributed by atoms with Crippen molar-refractivity contribution >= 4 is 5.78 Å². The maximum atomic E-state index is 11.4. The van der Waals surface area contributed by atoms with Crippen LogP contribution in [0.5, 0.6) is 0 Å². The van der Waals surface area contributed by atoms with Crippen LogP contribution in [0.4, 0.5) is 0 Å². The SMILES string of the molecule is N#CC(C#N)C(=O)c1ccccc1.[CH3-].[Zn]. The first-order valence-electron chi connectivity index (χ1n) is 3.68. The molecule has 0 heterocycles. The van der Waals surface area contributed by atoms with Gasteiger partial charge in [-0.2, -0.15) is 10.5 Å². The van der Waals surface area contributed by atoms with Crippen molar-refractivity contribution in [1.29, 1.82) is 10.5 Å². The van der Waals surface area contributed by atoms with Crippen molar-refractivity contribution in [3.63, 3.8) is 0 Å². The van der Waals surface area contributed by atoms with Crippen LogP contribution in [0.2, 0.25) is 0 Å². The maximum absolute atomic E-state index is 11.4. The predicted octanol–water partition coefficient (Wildman–Crippen LogP) is 1.98. The molecular formula is C11H9N2OZn-. The number of ketones is 1. The molecule has 0 spiro atoms. The van der Waals surface area contributed by atoms with Crippen LogP contribution in [-0.4, -0.2) is 5.78 Å². The van der Waals surface area contributed by atoms with Crippen molar-refractivity contribution in [3.8, 4) is 12.1 Å². The number of hydrogen-bond acceptors (Lipinski definition) is 3. The number of rotatable bonds is 2. The zero-order chi connectivity index (χ0) is 9.68. The molecule has 1 aromatic carbocycles. The Balaban J connectivity index is 0. The molecule has 15 heavy (non-hydrogen) atoms. The summed E-state index contributed by atoms with van der Waals surface area (Å²) in [4.78, 5) is 11.4. The summed E-state index contributed by atoms with van der Waals surface area (Å²) in [5.74, 6) is -1.63. The van der Waals surface area contributed by atoms with E-state index in [1.165, 1.54) is 0 Å². The molecule has 0 radical (unpaired) electrons. The Hall–Kier alpha value is -1.51. The molecule has 3 nitrogen and oxygen atoms in total. The number of benzene rings is 1. The summed E-state index contributed by atoms with van der Waals surface area (Å²) in [5, 5.41) is 16.9. The molecule has 1 rings (SSSR count). The first-order chi connectivity index (χ1) is 6.29. The number of carbonyl (C=O) groups excluding carboxylic acids is 1. The fourth-order valence-corrected chi connectivity index (χ4v) is 0.915. The van der Waals surface area contributed by atoms with E-state index < -0.39 is 11.7 Å². The molecule has 0 aliphatic heterocycles. The van der Waals surface area contributed by atoms with Crippen LogP contribution in [0.25, 0.3) is 0 Å². The number of hydrogen-bond donors (Lipinski definition) is 0. The minimum absolute atomic E-state index is 0. The molecule has 0 bridgehead atoms. The van der Waals surface area contributed by atoms with Crippen molar-refractivity contribution in [1.82, 2.24) is 0 Å². The van der Waals surface area contributed by atoms with Crippen LogP contribution >= 0.6 is 0 Å². The summed E-state index contributed by atoms with van der Waals surface area (Å²) >= 11 is 0. The Bertz CT molecular complexity index is 375. The summed E-state index contributed by atoms with van der Waals surface area (Å²) in [6, 6.07) is 11.6. The predicted molar refractivity (Wildman–Crippen MR) is 51.9 cm³/mol. The second-order valence-corrected chi connectivity index (χ2v) is 2.42. The Kier molecular flexibility index (Phi) is 8.35. The zero-order valence-electron chi connectivity index (χ0n) is 8.47. The molecule has 0 aromatic heterocycles. The summed E-state index contributed by atoms with van der Waals surface area (Å²) in [5.41, 5.74) is 0.399. The van der Waals surface area contributed by atoms with Gasteiger partial charge in [0.1, 0.15) is 0 Å². The van der Waals surface area contributed by atoms with Gasteiger partial charge >= 0.3 is 0 Å². The number of nitriles is 2. The number of Topliss-reactive ketones (excluding diaryl/α,β-unsaturated/α-hetero) is 1. The van der Waals surface area contributed by atoms with Crippen molar-refractivity contribution < 1.29 is 24.3 Å². The molecule has 4 heteroatoms. The summed E-state index contributed by atoms with van der Waals surface area (Å²) in [6.45, 7) is 0. The minimum atomic E-state index is -1.19. The van der Waals surface area contributed by atoms with E-state index in [-0.39, 0.29) is 26.9 Å². The van der Waals surface area contributed by atoms with E-state index in [1.54, 1.807) is 42.5 Å². The van der Waals surface area contributed by atoms with E-state index in [4.69, 9.17) is 10.5 Å². The normalized spacial score (nSPS) is 7.67. The molecule has 0 fully saturated rings. The zero-order valence-corrected chi connectivity index (χ0v) is 11.4.